The van der Waals surface area contributed by atoms with E-state index >= 15 is 0 Å². The molecule has 0 unspecified atom stereocenters. The first-order chi connectivity index (χ1) is 25.6. The third kappa shape index (κ3) is 6.75. The van der Waals surface area contributed by atoms with E-state index in [9.17, 15) is 18.8 Å². The van der Waals surface area contributed by atoms with Crippen molar-refractivity contribution in [2.45, 2.75) is 39.5 Å². The predicted octanol–water partition coefficient (Wildman–Crippen LogP) is 8.72. The van der Waals surface area contributed by atoms with Crippen LogP contribution in [0, 0.1) is 25.1 Å². The summed E-state index contributed by atoms with van der Waals surface area (Å²) in [6, 6.07) is 22.8. The molecule has 270 valence electrons. The van der Waals surface area contributed by atoms with Crippen LogP contribution >= 0.6 is 22.9 Å². The van der Waals surface area contributed by atoms with Gasteiger partial charge in [-0.15, -0.1) is 11.3 Å². The van der Waals surface area contributed by atoms with Crippen molar-refractivity contribution in [3.63, 3.8) is 0 Å². The molecule has 5 aromatic rings. The van der Waals surface area contributed by atoms with Gasteiger partial charge in [0, 0.05) is 82.7 Å². The van der Waals surface area contributed by atoms with Crippen molar-refractivity contribution in [3.05, 3.63) is 128 Å². The maximum absolute atomic E-state index is 14.4. The number of halogens is 2. The molecule has 0 saturated carbocycles. The number of pyridine rings is 1. The van der Waals surface area contributed by atoms with Crippen molar-refractivity contribution in [2.24, 2.45) is 5.41 Å². The molecule has 2 fully saturated rings. The maximum Gasteiger partial charge on any atom is 0.259 e. The highest BCUT2D eigenvalue weighted by molar-refractivity contribution is 7.17. The van der Waals surface area contributed by atoms with Crippen LogP contribution in [0.25, 0.3) is 10.4 Å². The molecule has 8 rings (SSSR count). The highest BCUT2D eigenvalue weighted by atomic mass is 35.5. The minimum atomic E-state index is -0.502. The van der Waals surface area contributed by atoms with E-state index in [0.29, 0.717) is 40.5 Å². The van der Waals surface area contributed by atoms with E-state index in [2.05, 4.69) is 10.2 Å². The Kier molecular flexibility index (Phi) is 9.39. The number of hydrogen-bond donors (Lipinski definition) is 1. The molecule has 3 aromatic carbocycles. The smallest absolute Gasteiger partial charge is 0.259 e. The number of amides is 2. The molecule has 1 spiro atoms. The van der Waals surface area contributed by atoms with Crippen molar-refractivity contribution >= 4 is 57.7 Å². The largest absolute Gasteiger partial charge is 0.381 e. The van der Waals surface area contributed by atoms with Crippen molar-refractivity contribution in [2.75, 3.05) is 48.0 Å². The van der Waals surface area contributed by atoms with Crippen molar-refractivity contribution in [1.82, 2.24) is 4.98 Å². The van der Waals surface area contributed by atoms with Gasteiger partial charge in [0.05, 0.1) is 16.1 Å². The number of thiophene rings is 1. The minimum absolute atomic E-state index is 0.133. The SMILES string of the molecule is Cc1cc(C(=O)Nc2ccc(C(=O)N3CCc4cc(C(=O)Cc5c(F)cccc5Cl)sc4-c4ccccc43)cc2)c(N2CC3(CCOCC3)C2)nc1C. The van der Waals surface area contributed by atoms with Gasteiger partial charge in [-0.1, -0.05) is 35.9 Å². The third-order valence-corrected chi connectivity index (χ3v) is 12.4. The molecule has 8 nitrogen and oxygen atoms in total. The van der Waals surface area contributed by atoms with Crippen molar-refractivity contribution in [3.8, 4) is 10.4 Å². The number of carbonyl (C=O) groups excluding carboxylic acids is 3. The number of carbonyl (C=O) groups is 3. The average molecular weight is 749 g/mol. The summed E-state index contributed by atoms with van der Waals surface area (Å²) in [6.45, 7) is 7.60. The molecule has 11 heteroatoms. The number of benzene rings is 3. The average Bonchev–Trinajstić information content (AvgIpc) is 3.51. The van der Waals surface area contributed by atoms with Crippen LogP contribution in [0.4, 0.5) is 21.6 Å². The van der Waals surface area contributed by atoms with Gasteiger partial charge < -0.3 is 19.9 Å². The lowest BCUT2D eigenvalue weighted by Crippen LogP contribution is -2.59. The van der Waals surface area contributed by atoms with Crippen LogP contribution < -0.4 is 15.1 Å². The Bertz CT molecular complexity index is 2240. The van der Waals surface area contributed by atoms with E-state index in [1.54, 1.807) is 35.2 Å². The van der Waals surface area contributed by atoms with Crippen LogP contribution in [0.3, 0.4) is 0 Å². The van der Waals surface area contributed by atoms with Gasteiger partial charge in [0.15, 0.2) is 5.78 Å². The summed E-state index contributed by atoms with van der Waals surface area (Å²) in [7, 11) is 0. The van der Waals surface area contributed by atoms with Gasteiger partial charge in [0.1, 0.15) is 11.6 Å². The van der Waals surface area contributed by atoms with Crippen LogP contribution in [0.15, 0.2) is 78.9 Å². The molecule has 0 aliphatic carbocycles. The van der Waals surface area contributed by atoms with E-state index in [0.717, 1.165) is 72.1 Å². The molecule has 53 heavy (non-hydrogen) atoms. The van der Waals surface area contributed by atoms with Gasteiger partial charge in [-0.05, 0) is 98.8 Å². The van der Waals surface area contributed by atoms with Gasteiger partial charge in [-0.3, -0.25) is 14.4 Å². The first-order valence-corrected chi connectivity index (χ1v) is 19.0. The summed E-state index contributed by atoms with van der Waals surface area (Å²) in [6.07, 6.45) is 2.45. The number of aromatic nitrogens is 1. The Morgan fingerprint density at radius 1 is 0.981 bits per heavy atom. The molecule has 5 heterocycles. The van der Waals surface area contributed by atoms with Gasteiger partial charge in [0.25, 0.3) is 11.8 Å². The molecule has 0 bridgehead atoms. The zero-order chi connectivity index (χ0) is 36.9. The Morgan fingerprint density at radius 3 is 2.49 bits per heavy atom. The lowest BCUT2D eigenvalue weighted by molar-refractivity contribution is -0.000520. The summed E-state index contributed by atoms with van der Waals surface area (Å²) in [5.74, 6) is -0.422. The van der Waals surface area contributed by atoms with Crippen LogP contribution in [0.2, 0.25) is 5.02 Å². The number of ether oxygens (including phenoxy) is 1. The van der Waals surface area contributed by atoms with Gasteiger partial charge in [-0.25, -0.2) is 9.37 Å². The van der Waals surface area contributed by atoms with E-state index in [1.165, 1.54) is 23.5 Å². The number of para-hydroxylation sites is 1. The van der Waals surface area contributed by atoms with E-state index in [-0.39, 0.29) is 40.0 Å². The van der Waals surface area contributed by atoms with E-state index in [4.69, 9.17) is 21.3 Å². The first-order valence-electron chi connectivity index (χ1n) is 17.8. The predicted molar refractivity (Wildman–Crippen MR) is 207 cm³/mol. The fraction of sp³-hybridized carbons (Fsp3) is 0.286. The van der Waals surface area contributed by atoms with Crippen molar-refractivity contribution in [1.29, 1.82) is 0 Å². The van der Waals surface area contributed by atoms with Crippen molar-refractivity contribution < 1.29 is 23.5 Å². The minimum Gasteiger partial charge on any atom is -0.381 e. The Balaban J connectivity index is 0.983. The molecule has 0 radical (unpaired) electrons. The third-order valence-electron chi connectivity index (χ3n) is 10.8. The summed E-state index contributed by atoms with van der Waals surface area (Å²) in [4.78, 5) is 51.3. The molecular weight excluding hydrogens is 711 g/mol. The highest BCUT2D eigenvalue weighted by Crippen LogP contribution is 2.44. The Hall–Kier alpha value is -4.90. The Morgan fingerprint density at radius 2 is 1.74 bits per heavy atom. The molecule has 2 amide bonds. The maximum atomic E-state index is 14.4. The number of ketones is 1. The summed E-state index contributed by atoms with van der Waals surface area (Å²) >= 11 is 7.56. The number of fused-ring (bicyclic) bond motifs is 3. The van der Waals surface area contributed by atoms with Crippen LogP contribution in [0.5, 0.6) is 0 Å². The van der Waals surface area contributed by atoms with Gasteiger partial charge in [0.2, 0.25) is 0 Å². The van der Waals surface area contributed by atoms with Crippen LogP contribution in [0.1, 0.15) is 65.6 Å². The zero-order valence-corrected chi connectivity index (χ0v) is 31.1. The monoisotopic (exact) mass is 748 g/mol. The summed E-state index contributed by atoms with van der Waals surface area (Å²) in [5.41, 5.74) is 6.42. The zero-order valence-electron chi connectivity index (χ0n) is 29.5. The second-order valence-electron chi connectivity index (χ2n) is 14.3. The second kappa shape index (κ2) is 14.2. The standard InChI is InChI=1S/C42H38ClFN4O4S/c1-25-20-32(39(45-26(25)2)47-23-42(24-47)15-18-52-19-16-42)40(50)46-29-12-10-27(11-13-29)41(51)48-17-14-28-21-37(53-38(28)30-6-3-4-9-35(30)48)36(49)22-31-33(43)7-5-8-34(31)44/h3-13,20-21H,14-19,22-24H2,1-2H3,(H,46,50). The fourth-order valence-corrected chi connectivity index (χ4v) is 8.99. The molecule has 1 N–H and O–H groups in total. The topological polar surface area (TPSA) is 91.8 Å². The van der Waals surface area contributed by atoms with Gasteiger partial charge in [-0.2, -0.15) is 0 Å². The number of hydrogen-bond acceptors (Lipinski definition) is 7. The molecular formula is C42H38ClFN4O4S. The molecule has 2 saturated heterocycles. The molecule has 0 atom stereocenters. The summed E-state index contributed by atoms with van der Waals surface area (Å²) < 4.78 is 20.0. The first kappa shape index (κ1) is 35.1. The lowest BCUT2D eigenvalue weighted by Gasteiger charge is -2.53. The van der Waals surface area contributed by atoms with Gasteiger partial charge >= 0.3 is 0 Å². The second-order valence-corrected chi connectivity index (χ2v) is 15.7. The Labute approximate surface area is 316 Å². The lowest BCUT2D eigenvalue weighted by atomic mass is 9.73. The molecule has 2 aromatic heterocycles. The highest BCUT2D eigenvalue weighted by Gasteiger charge is 2.45. The number of rotatable bonds is 7. The number of aryl methyl sites for hydroxylation is 2. The molecule has 3 aliphatic rings. The van der Waals surface area contributed by atoms with E-state index < -0.39 is 5.82 Å². The molecule has 3 aliphatic heterocycles. The van der Waals surface area contributed by atoms with E-state index in [1.807, 2.05) is 50.2 Å². The van der Waals surface area contributed by atoms with Crippen LogP contribution in [-0.4, -0.2) is 55.4 Å². The quantitative estimate of drug-likeness (QED) is 0.168. The normalized spacial score (nSPS) is 16.0. The number of nitrogens with one attached hydrogen (secondary N) is 1. The fourth-order valence-electron chi connectivity index (χ4n) is 7.58. The number of nitrogens with zero attached hydrogens (tertiary/aromatic N) is 3. The van der Waals surface area contributed by atoms with Crippen LogP contribution in [-0.2, 0) is 17.6 Å². The number of Topliss-reactive ketones (excluding diaryl/α,β-unsaturated/α-hetero) is 1. The number of anilines is 3. The summed E-state index contributed by atoms with van der Waals surface area (Å²) in [5, 5.41) is 3.26.